The van der Waals surface area contributed by atoms with Gasteiger partial charge in [0.15, 0.2) is 0 Å². The van der Waals surface area contributed by atoms with Crippen LogP contribution in [0.5, 0.6) is 0 Å². The highest BCUT2D eigenvalue weighted by atomic mass is 79.9. The molecule has 0 aliphatic heterocycles. The summed E-state index contributed by atoms with van der Waals surface area (Å²) in [5, 5.41) is 1.02. The van der Waals surface area contributed by atoms with E-state index in [1.54, 1.807) is 6.07 Å². The minimum Gasteiger partial charge on any atom is -0.207 e. The molecule has 0 bridgehead atoms. The smallest absolute Gasteiger partial charge is 0.207 e. The fraction of sp³-hybridized carbons (Fsp3) is 0.455. The first-order valence-electron chi connectivity index (χ1n) is 5.31. The zero-order valence-corrected chi connectivity index (χ0v) is 13.9. The van der Waals surface area contributed by atoms with Crippen LogP contribution in [0.15, 0.2) is 23.1 Å². The maximum Gasteiger partial charge on any atom is 0.242 e. The fourth-order valence-electron chi connectivity index (χ4n) is 1.29. The number of rotatable bonds is 5. The van der Waals surface area contributed by atoms with Gasteiger partial charge in [-0.2, -0.15) is 0 Å². The molecule has 1 aromatic carbocycles. The van der Waals surface area contributed by atoms with Gasteiger partial charge in [0, 0.05) is 16.4 Å². The van der Waals surface area contributed by atoms with Gasteiger partial charge in [0.1, 0.15) is 4.90 Å². The Hall–Kier alpha value is 0.190. The van der Waals surface area contributed by atoms with Crippen molar-refractivity contribution in [2.45, 2.75) is 24.8 Å². The number of halogens is 3. The molecule has 0 spiro atoms. The molecule has 1 aromatic rings. The second-order valence-electron chi connectivity index (χ2n) is 4.20. The van der Waals surface area contributed by atoms with E-state index >= 15 is 0 Å². The van der Waals surface area contributed by atoms with Crippen LogP contribution in [0, 0.1) is 5.92 Å². The predicted octanol–water partition coefficient (Wildman–Crippen LogP) is 3.69. The molecule has 0 aliphatic rings. The molecule has 1 N–H and O–H groups in total. The Morgan fingerprint density at radius 1 is 1.33 bits per heavy atom. The molecule has 1 unspecified atom stereocenters. The summed E-state index contributed by atoms with van der Waals surface area (Å²) in [4.78, 5) is 0.00302. The number of sulfonamides is 1. The molecule has 102 valence electrons. The summed E-state index contributed by atoms with van der Waals surface area (Å²) >= 11 is 15.0. The van der Waals surface area contributed by atoms with E-state index in [1.165, 1.54) is 12.1 Å². The van der Waals surface area contributed by atoms with Crippen molar-refractivity contribution in [3.8, 4) is 0 Å². The third-order valence-corrected chi connectivity index (χ3v) is 5.36. The first kappa shape index (κ1) is 16.2. The minimum atomic E-state index is -3.67. The van der Waals surface area contributed by atoms with Crippen molar-refractivity contribution in [1.29, 1.82) is 0 Å². The fourth-order valence-corrected chi connectivity index (χ4v) is 4.56. The largest absolute Gasteiger partial charge is 0.242 e. The lowest BCUT2D eigenvalue weighted by Gasteiger charge is -2.20. The minimum absolute atomic E-state index is 0.00302. The highest BCUT2D eigenvalue weighted by molar-refractivity contribution is 9.09. The van der Waals surface area contributed by atoms with Crippen LogP contribution >= 0.6 is 39.1 Å². The van der Waals surface area contributed by atoms with E-state index < -0.39 is 10.0 Å². The van der Waals surface area contributed by atoms with E-state index in [0.29, 0.717) is 10.4 Å². The molecule has 0 radical (unpaired) electrons. The summed E-state index contributed by atoms with van der Waals surface area (Å²) in [5.74, 6) is 0.164. The van der Waals surface area contributed by atoms with E-state index in [4.69, 9.17) is 23.2 Å². The summed E-state index contributed by atoms with van der Waals surface area (Å²) in [7, 11) is -3.67. The van der Waals surface area contributed by atoms with Crippen molar-refractivity contribution < 1.29 is 8.42 Å². The quantitative estimate of drug-likeness (QED) is 0.798. The third-order valence-electron chi connectivity index (χ3n) is 2.46. The van der Waals surface area contributed by atoms with Gasteiger partial charge in [-0.25, -0.2) is 13.1 Å². The highest BCUT2D eigenvalue weighted by Gasteiger charge is 2.23. The van der Waals surface area contributed by atoms with E-state index in [1.807, 2.05) is 13.8 Å². The molecular formula is C11H14BrCl2NO2S. The van der Waals surface area contributed by atoms with E-state index in [9.17, 15) is 8.42 Å². The maximum atomic E-state index is 12.2. The Morgan fingerprint density at radius 2 is 1.94 bits per heavy atom. The summed E-state index contributed by atoms with van der Waals surface area (Å²) in [6.45, 7) is 3.88. The van der Waals surface area contributed by atoms with E-state index in [0.717, 1.165) is 0 Å². The molecule has 0 saturated heterocycles. The normalized spacial score (nSPS) is 13.9. The van der Waals surface area contributed by atoms with Crippen LogP contribution in [0.2, 0.25) is 10.0 Å². The Kier molecular flexibility index (Phi) is 5.93. The summed E-state index contributed by atoms with van der Waals surface area (Å²) < 4.78 is 27.0. The highest BCUT2D eigenvalue weighted by Crippen LogP contribution is 2.25. The lowest BCUT2D eigenvalue weighted by molar-refractivity contribution is 0.484. The van der Waals surface area contributed by atoms with E-state index in [-0.39, 0.29) is 21.9 Å². The van der Waals surface area contributed by atoms with Crippen LogP contribution in [0.3, 0.4) is 0 Å². The second-order valence-corrected chi connectivity index (χ2v) is 7.37. The third kappa shape index (κ3) is 4.10. The Morgan fingerprint density at radius 3 is 2.44 bits per heavy atom. The lowest BCUT2D eigenvalue weighted by Crippen LogP contribution is -2.39. The molecule has 3 nitrogen and oxygen atoms in total. The van der Waals surface area contributed by atoms with Crippen molar-refractivity contribution in [2.75, 3.05) is 5.33 Å². The average Bonchev–Trinajstić information content (AvgIpc) is 2.28. The number of nitrogens with one attached hydrogen (secondary N) is 1. The molecular weight excluding hydrogens is 361 g/mol. The molecule has 0 heterocycles. The zero-order valence-electron chi connectivity index (χ0n) is 9.95. The van der Waals surface area contributed by atoms with Crippen molar-refractivity contribution in [3.63, 3.8) is 0 Å². The molecule has 7 heteroatoms. The van der Waals surface area contributed by atoms with Crippen LogP contribution in [0.25, 0.3) is 0 Å². The summed E-state index contributed by atoms with van der Waals surface area (Å²) in [5.41, 5.74) is 0. The van der Waals surface area contributed by atoms with Crippen molar-refractivity contribution in [1.82, 2.24) is 4.72 Å². The van der Waals surface area contributed by atoms with Crippen LogP contribution in [-0.4, -0.2) is 19.8 Å². The lowest BCUT2D eigenvalue weighted by atomic mass is 10.1. The molecule has 0 saturated carbocycles. The first-order valence-corrected chi connectivity index (χ1v) is 8.67. The number of hydrogen-bond donors (Lipinski definition) is 1. The first-order chi connectivity index (χ1) is 8.27. The Bertz CT molecular complexity index is 520. The van der Waals surface area contributed by atoms with Crippen LogP contribution in [0.4, 0.5) is 0 Å². The average molecular weight is 375 g/mol. The van der Waals surface area contributed by atoms with Gasteiger partial charge < -0.3 is 0 Å². The second kappa shape index (κ2) is 6.57. The van der Waals surface area contributed by atoms with Crippen molar-refractivity contribution in [2.24, 2.45) is 5.92 Å². The monoisotopic (exact) mass is 373 g/mol. The van der Waals surface area contributed by atoms with Gasteiger partial charge in [-0.3, -0.25) is 0 Å². The van der Waals surface area contributed by atoms with Gasteiger partial charge >= 0.3 is 0 Å². The van der Waals surface area contributed by atoms with Crippen LogP contribution < -0.4 is 4.72 Å². The van der Waals surface area contributed by atoms with Crippen LogP contribution in [-0.2, 0) is 10.0 Å². The SMILES string of the molecule is CC(C)C(CBr)NS(=O)(=O)c1cc(Cl)ccc1Cl. The molecule has 0 aliphatic carbocycles. The zero-order chi connectivity index (χ0) is 13.9. The molecule has 0 aromatic heterocycles. The molecule has 18 heavy (non-hydrogen) atoms. The van der Waals surface area contributed by atoms with Gasteiger partial charge in [-0.05, 0) is 24.1 Å². The van der Waals surface area contributed by atoms with Crippen molar-refractivity contribution in [3.05, 3.63) is 28.2 Å². The molecule has 1 rings (SSSR count). The van der Waals surface area contributed by atoms with Gasteiger partial charge in [-0.15, -0.1) is 0 Å². The predicted molar refractivity (Wildman–Crippen MR) is 79.2 cm³/mol. The van der Waals surface area contributed by atoms with Gasteiger partial charge in [0.2, 0.25) is 10.0 Å². The topological polar surface area (TPSA) is 46.2 Å². The molecule has 1 atom stereocenters. The molecule has 0 fully saturated rings. The molecule has 0 amide bonds. The van der Waals surface area contributed by atoms with E-state index in [2.05, 4.69) is 20.7 Å². The van der Waals surface area contributed by atoms with Gasteiger partial charge in [0.25, 0.3) is 0 Å². The Balaban J connectivity index is 3.10. The van der Waals surface area contributed by atoms with Crippen LogP contribution in [0.1, 0.15) is 13.8 Å². The van der Waals surface area contributed by atoms with Gasteiger partial charge in [-0.1, -0.05) is 53.0 Å². The number of alkyl halides is 1. The van der Waals surface area contributed by atoms with Gasteiger partial charge in [0.05, 0.1) is 5.02 Å². The number of benzene rings is 1. The maximum absolute atomic E-state index is 12.2. The number of hydrogen-bond acceptors (Lipinski definition) is 2. The standard InChI is InChI=1S/C11H14BrCl2NO2S/c1-7(2)10(6-12)15-18(16,17)11-5-8(13)3-4-9(11)14/h3-5,7,10,15H,6H2,1-2H3. The summed E-state index contributed by atoms with van der Waals surface area (Å²) in [6, 6.07) is 4.16. The van der Waals surface area contributed by atoms with Crippen molar-refractivity contribution >= 4 is 49.2 Å². The summed E-state index contributed by atoms with van der Waals surface area (Å²) in [6.07, 6.45) is 0. The Labute approximate surface area is 126 Å².